The maximum atomic E-state index is 12.0. The van der Waals surface area contributed by atoms with Gasteiger partial charge in [0.25, 0.3) is 0 Å². The molecule has 1 atom stereocenters. The molecule has 5 nitrogen and oxygen atoms in total. The van der Waals surface area contributed by atoms with Crippen molar-refractivity contribution in [2.24, 2.45) is 0 Å². The minimum absolute atomic E-state index is 0.176. The predicted molar refractivity (Wildman–Crippen MR) is 93.1 cm³/mol. The Morgan fingerprint density at radius 1 is 1.26 bits per heavy atom. The van der Waals surface area contributed by atoms with Gasteiger partial charge in [0, 0.05) is 30.9 Å². The van der Waals surface area contributed by atoms with Crippen molar-refractivity contribution in [1.82, 2.24) is 14.9 Å². The van der Waals surface area contributed by atoms with E-state index in [0.29, 0.717) is 6.42 Å². The van der Waals surface area contributed by atoms with E-state index >= 15 is 0 Å². The first kappa shape index (κ1) is 14.9. The van der Waals surface area contributed by atoms with Gasteiger partial charge in [-0.3, -0.25) is 4.79 Å². The fraction of sp³-hybridized carbons (Fsp3) is 0.588. The third-order valence-electron chi connectivity index (χ3n) is 4.93. The second-order valence-corrected chi connectivity index (χ2v) is 7.74. The van der Waals surface area contributed by atoms with Crippen molar-refractivity contribution in [3.05, 3.63) is 16.3 Å². The quantitative estimate of drug-likeness (QED) is 0.920. The number of fused-ring (bicyclic) bond motifs is 3. The van der Waals surface area contributed by atoms with Crippen LogP contribution in [0.4, 0.5) is 5.82 Å². The minimum Gasteiger partial charge on any atom is -0.366 e. The fourth-order valence-corrected chi connectivity index (χ4v) is 4.93. The summed E-state index contributed by atoms with van der Waals surface area (Å²) in [7, 11) is 1.88. The van der Waals surface area contributed by atoms with Gasteiger partial charge in [0.05, 0.1) is 5.39 Å². The number of anilines is 1. The normalized spacial score (nSPS) is 21.6. The van der Waals surface area contributed by atoms with Crippen LogP contribution in [0.5, 0.6) is 0 Å². The van der Waals surface area contributed by atoms with E-state index in [1.54, 1.807) is 0 Å². The molecule has 0 saturated carbocycles. The van der Waals surface area contributed by atoms with Crippen LogP contribution in [-0.4, -0.2) is 40.4 Å². The Hall–Kier alpha value is -1.69. The van der Waals surface area contributed by atoms with Gasteiger partial charge in [-0.05, 0) is 44.6 Å². The van der Waals surface area contributed by atoms with E-state index in [1.807, 2.05) is 30.2 Å². The molecule has 4 rings (SSSR count). The first-order valence-electron chi connectivity index (χ1n) is 8.41. The lowest BCUT2D eigenvalue weighted by atomic mass is 9.96. The van der Waals surface area contributed by atoms with Crippen LogP contribution in [0, 0.1) is 6.92 Å². The molecule has 2 aliphatic rings. The monoisotopic (exact) mass is 330 g/mol. The molecule has 3 heterocycles. The van der Waals surface area contributed by atoms with Gasteiger partial charge in [0.15, 0.2) is 0 Å². The molecule has 1 aliphatic heterocycles. The number of nitrogens with zero attached hydrogens (tertiary/aromatic N) is 3. The highest BCUT2D eigenvalue weighted by Crippen LogP contribution is 2.39. The summed E-state index contributed by atoms with van der Waals surface area (Å²) in [6, 6.07) is 0.176. The smallest absolute Gasteiger partial charge is 0.224 e. The molecule has 23 heavy (non-hydrogen) atoms. The van der Waals surface area contributed by atoms with E-state index < -0.39 is 0 Å². The molecule has 0 radical (unpaired) electrons. The molecule has 1 aliphatic carbocycles. The Labute approximate surface area is 140 Å². The zero-order chi connectivity index (χ0) is 16.0. The number of likely N-dealkylation sites (tertiary alicyclic amines) is 1. The Kier molecular flexibility index (Phi) is 3.71. The molecular formula is C17H22N4OS. The highest BCUT2D eigenvalue weighted by molar-refractivity contribution is 7.19. The molecule has 1 fully saturated rings. The average Bonchev–Trinajstić information content (AvgIpc) is 2.89. The number of rotatable bonds is 2. The van der Waals surface area contributed by atoms with Gasteiger partial charge in [-0.1, -0.05) is 0 Å². The Morgan fingerprint density at radius 2 is 2.09 bits per heavy atom. The third kappa shape index (κ3) is 2.69. The summed E-state index contributed by atoms with van der Waals surface area (Å²) in [5.41, 5.74) is 1.44. The summed E-state index contributed by atoms with van der Waals surface area (Å²) in [4.78, 5) is 25.7. The number of piperidine rings is 1. The highest BCUT2D eigenvalue weighted by Gasteiger charge is 2.26. The SMILES string of the molecule is Cc1nc(NC2CCN(C)C(=O)C2)c2c3c(sc2n1)CCCC3. The number of hydrogen-bond donors (Lipinski definition) is 1. The number of carbonyl (C=O) groups excluding carboxylic acids is 1. The predicted octanol–water partition coefficient (Wildman–Crippen LogP) is 2.91. The zero-order valence-electron chi connectivity index (χ0n) is 13.7. The van der Waals surface area contributed by atoms with Crippen molar-refractivity contribution in [2.45, 2.75) is 51.5 Å². The number of amides is 1. The lowest BCUT2D eigenvalue weighted by Gasteiger charge is -2.29. The van der Waals surface area contributed by atoms with Crippen LogP contribution in [0.15, 0.2) is 0 Å². The topological polar surface area (TPSA) is 58.1 Å². The number of aromatic nitrogens is 2. The Bertz CT molecular complexity index is 770. The van der Waals surface area contributed by atoms with E-state index in [2.05, 4.69) is 15.3 Å². The Morgan fingerprint density at radius 3 is 2.91 bits per heavy atom. The first-order chi connectivity index (χ1) is 11.1. The first-order valence-corrected chi connectivity index (χ1v) is 9.23. The van der Waals surface area contributed by atoms with Gasteiger partial charge in [0.2, 0.25) is 5.91 Å². The van der Waals surface area contributed by atoms with E-state index in [0.717, 1.165) is 35.9 Å². The summed E-state index contributed by atoms with van der Waals surface area (Å²) in [6.07, 6.45) is 6.34. The molecule has 2 aromatic heterocycles. The van der Waals surface area contributed by atoms with E-state index in [-0.39, 0.29) is 11.9 Å². The standard InChI is InChI=1S/C17H22N4OS/c1-10-18-16(20-11-7-8-21(2)14(22)9-11)15-12-5-3-4-6-13(12)23-17(15)19-10/h11H,3-9H2,1-2H3,(H,18,19,20). The molecular weight excluding hydrogens is 308 g/mol. The van der Waals surface area contributed by atoms with Gasteiger partial charge in [0.1, 0.15) is 16.5 Å². The van der Waals surface area contributed by atoms with E-state index in [1.165, 1.54) is 35.1 Å². The summed E-state index contributed by atoms with van der Waals surface area (Å²) < 4.78 is 0. The number of hydrogen-bond acceptors (Lipinski definition) is 5. The number of carbonyl (C=O) groups is 1. The van der Waals surface area contributed by atoms with Crippen LogP contribution < -0.4 is 5.32 Å². The molecule has 6 heteroatoms. The van der Waals surface area contributed by atoms with Crippen molar-refractivity contribution in [1.29, 1.82) is 0 Å². The molecule has 0 aromatic carbocycles. The summed E-state index contributed by atoms with van der Waals surface area (Å²) in [5, 5.41) is 4.77. The van der Waals surface area contributed by atoms with E-state index in [9.17, 15) is 4.79 Å². The van der Waals surface area contributed by atoms with E-state index in [4.69, 9.17) is 0 Å². The maximum Gasteiger partial charge on any atom is 0.224 e. The van der Waals surface area contributed by atoms with Gasteiger partial charge >= 0.3 is 0 Å². The second kappa shape index (κ2) is 5.74. The molecule has 0 spiro atoms. The van der Waals surface area contributed by atoms with Gasteiger partial charge < -0.3 is 10.2 Å². The number of nitrogens with one attached hydrogen (secondary N) is 1. The van der Waals surface area contributed by atoms with Crippen molar-refractivity contribution < 1.29 is 4.79 Å². The molecule has 2 aromatic rings. The number of aryl methyl sites for hydroxylation is 3. The van der Waals surface area contributed by atoms with Crippen molar-refractivity contribution >= 4 is 33.3 Å². The fourth-order valence-electron chi connectivity index (χ4n) is 3.63. The average molecular weight is 330 g/mol. The molecule has 1 N–H and O–H groups in total. The van der Waals surface area contributed by atoms with Crippen molar-refractivity contribution in [3.63, 3.8) is 0 Å². The minimum atomic E-state index is 0.176. The highest BCUT2D eigenvalue weighted by atomic mass is 32.1. The molecule has 122 valence electrons. The number of thiophene rings is 1. The Balaban J connectivity index is 1.71. The largest absolute Gasteiger partial charge is 0.366 e. The van der Waals surface area contributed by atoms with Gasteiger partial charge in [-0.15, -0.1) is 11.3 Å². The molecule has 0 bridgehead atoms. The maximum absolute atomic E-state index is 12.0. The van der Waals surface area contributed by atoms with Crippen LogP contribution in [0.2, 0.25) is 0 Å². The van der Waals surface area contributed by atoms with Crippen LogP contribution in [0.3, 0.4) is 0 Å². The van der Waals surface area contributed by atoms with Crippen LogP contribution in [0.25, 0.3) is 10.2 Å². The van der Waals surface area contributed by atoms with Crippen LogP contribution >= 0.6 is 11.3 Å². The van der Waals surface area contributed by atoms with Crippen molar-refractivity contribution in [3.8, 4) is 0 Å². The van der Waals surface area contributed by atoms with Crippen LogP contribution in [0.1, 0.15) is 41.9 Å². The van der Waals surface area contributed by atoms with Crippen LogP contribution in [-0.2, 0) is 17.6 Å². The summed E-state index contributed by atoms with van der Waals surface area (Å²) in [5.74, 6) is 1.95. The molecule has 1 saturated heterocycles. The lowest BCUT2D eigenvalue weighted by molar-refractivity contribution is -0.132. The van der Waals surface area contributed by atoms with Gasteiger partial charge in [-0.2, -0.15) is 0 Å². The van der Waals surface area contributed by atoms with Gasteiger partial charge in [-0.25, -0.2) is 9.97 Å². The third-order valence-corrected chi connectivity index (χ3v) is 6.11. The summed E-state index contributed by atoms with van der Waals surface area (Å²) >= 11 is 1.82. The second-order valence-electron chi connectivity index (χ2n) is 6.66. The zero-order valence-corrected chi connectivity index (χ0v) is 14.5. The summed E-state index contributed by atoms with van der Waals surface area (Å²) in [6.45, 7) is 2.76. The lowest BCUT2D eigenvalue weighted by Crippen LogP contribution is -2.41. The van der Waals surface area contributed by atoms with Crippen molar-refractivity contribution in [2.75, 3.05) is 18.9 Å². The molecule has 1 amide bonds. The molecule has 1 unspecified atom stereocenters.